The number of anilines is 1. The van der Waals surface area contributed by atoms with E-state index in [1.807, 2.05) is 0 Å². The van der Waals surface area contributed by atoms with Crippen LogP contribution in [0, 0.1) is 0 Å². The Hall–Kier alpha value is -0.620. The number of hydrogen-bond acceptors (Lipinski definition) is 5. The molecular formula is C5H8N2O2S2. The lowest BCUT2D eigenvalue weighted by molar-refractivity contribution is 0.601. The summed E-state index contributed by atoms with van der Waals surface area (Å²) in [5.41, 5.74) is 5.36. The first-order valence-electron chi connectivity index (χ1n) is 2.85. The Morgan fingerprint density at radius 2 is 2.36 bits per heavy atom. The minimum absolute atomic E-state index is 0.0190. The molecule has 0 aromatic carbocycles. The number of sulfone groups is 1. The number of aromatic nitrogens is 1. The van der Waals surface area contributed by atoms with Crippen LogP contribution in [0.2, 0.25) is 0 Å². The number of nitrogen functional groups attached to an aromatic ring is 1. The van der Waals surface area contributed by atoms with Crippen LogP contribution in [-0.4, -0.2) is 19.7 Å². The zero-order chi connectivity index (χ0) is 8.48. The van der Waals surface area contributed by atoms with Gasteiger partial charge in [0.25, 0.3) is 0 Å². The minimum Gasteiger partial charge on any atom is -0.389 e. The molecule has 4 nitrogen and oxygen atoms in total. The van der Waals surface area contributed by atoms with Gasteiger partial charge in [-0.2, -0.15) is 0 Å². The normalized spacial score (nSPS) is 11.7. The number of nitrogens with zero attached hydrogens (tertiary/aromatic N) is 1. The second-order valence-corrected chi connectivity index (χ2v) is 5.51. The van der Waals surface area contributed by atoms with Crippen LogP contribution in [0.3, 0.4) is 0 Å². The third-order valence-corrected chi connectivity index (χ3v) is 2.76. The Morgan fingerprint density at radius 1 is 1.73 bits per heavy atom. The zero-order valence-corrected chi connectivity index (χ0v) is 7.58. The summed E-state index contributed by atoms with van der Waals surface area (Å²) in [5.74, 6) is -0.0190. The van der Waals surface area contributed by atoms with Gasteiger partial charge in [-0.05, 0) is 0 Å². The van der Waals surface area contributed by atoms with Crippen LogP contribution in [0.25, 0.3) is 0 Å². The lowest BCUT2D eigenvalue weighted by Crippen LogP contribution is -1.99. The molecule has 0 aliphatic heterocycles. The first-order chi connectivity index (χ1) is 4.97. The van der Waals surface area contributed by atoms with Crippen LogP contribution >= 0.6 is 11.3 Å². The summed E-state index contributed by atoms with van der Waals surface area (Å²) in [5, 5.41) is 1.09. The summed E-state index contributed by atoms with van der Waals surface area (Å²) in [6, 6.07) is 0. The SMILES string of the molecule is CS(=O)(=O)Cc1ncc(N)s1. The molecule has 62 valence electrons. The van der Waals surface area contributed by atoms with E-state index in [2.05, 4.69) is 4.98 Å². The largest absolute Gasteiger partial charge is 0.389 e. The highest BCUT2D eigenvalue weighted by Crippen LogP contribution is 2.16. The summed E-state index contributed by atoms with van der Waals surface area (Å²) < 4.78 is 21.5. The van der Waals surface area contributed by atoms with Crippen LogP contribution in [0.5, 0.6) is 0 Å². The van der Waals surface area contributed by atoms with Gasteiger partial charge in [-0.15, -0.1) is 11.3 Å². The zero-order valence-electron chi connectivity index (χ0n) is 5.94. The van der Waals surface area contributed by atoms with Gasteiger partial charge in [0.2, 0.25) is 0 Å². The fourth-order valence-corrected chi connectivity index (χ4v) is 2.50. The fraction of sp³-hybridized carbons (Fsp3) is 0.400. The molecule has 1 heterocycles. The quantitative estimate of drug-likeness (QED) is 0.730. The number of hydrogen-bond donors (Lipinski definition) is 1. The van der Waals surface area contributed by atoms with Gasteiger partial charge >= 0.3 is 0 Å². The van der Waals surface area contributed by atoms with Crippen LogP contribution in [0.15, 0.2) is 6.20 Å². The summed E-state index contributed by atoms with van der Waals surface area (Å²) in [6.07, 6.45) is 2.63. The van der Waals surface area contributed by atoms with Crippen molar-refractivity contribution in [3.63, 3.8) is 0 Å². The molecule has 0 saturated carbocycles. The van der Waals surface area contributed by atoms with Crippen LogP contribution < -0.4 is 5.73 Å². The molecular weight excluding hydrogens is 184 g/mol. The van der Waals surface area contributed by atoms with Crippen LogP contribution in [0.4, 0.5) is 5.00 Å². The molecule has 0 radical (unpaired) electrons. The first-order valence-corrected chi connectivity index (χ1v) is 5.73. The maximum absolute atomic E-state index is 10.7. The molecule has 0 aliphatic rings. The van der Waals surface area contributed by atoms with Gasteiger partial charge in [0, 0.05) is 6.26 Å². The highest BCUT2D eigenvalue weighted by Gasteiger charge is 2.07. The summed E-state index contributed by atoms with van der Waals surface area (Å²) in [7, 11) is -2.97. The first kappa shape index (κ1) is 8.48. The predicted molar refractivity (Wildman–Crippen MR) is 45.1 cm³/mol. The predicted octanol–water partition coefficient (Wildman–Crippen LogP) is 0.270. The van der Waals surface area contributed by atoms with E-state index in [1.54, 1.807) is 0 Å². The fourth-order valence-electron chi connectivity index (χ4n) is 0.615. The van der Waals surface area contributed by atoms with E-state index >= 15 is 0 Å². The van der Waals surface area contributed by atoms with Crippen LogP contribution in [-0.2, 0) is 15.6 Å². The van der Waals surface area contributed by atoms with Gasteiger partial charge in [0.15, 0.2) is 9.84 Å². The molecule has 1 rings (SSSR count). The van der Waals surface area contributed by atoms with E-state index in [4.69, 9.17) is 5.73 Å². The molecule has 0 fully saturated rings. The van der Waals surface area contributed by atoms with Crippen LogP contribution in [0.1, 0.15) is 5.01 Å². The van der Waals surface area contributed by atoms with E-state index < -0.39 is 9.84 Å². The Bertz CT molecular complexity index is 341. The smallest absolute Gasteiger partial charge is 0.153 e. The number of rotatable bonds is 2. The third-order valence-electron chi connectivity index (χ3n) is 0.957. The van der Waals surface area contributed by atoms with Crippen molar-refractivity contribution < 1.29 is 8.42 Å². The molecule has 11 heavy (non-hydrogen) atoms. The highest BCUT2D eigenvalue weighted by molar-refractivity contribution is 7.90. The molecule has 0 bridgehead atoms. The average Bonchev–Trinajstić information content (AvgIpc) is 2.10. The van der Waals surface area contributed by atoms with Gasteiger partial charge in [-0.1, -0.05) is 0 Å². The molecule has 1 aromatic rings. The van der Waals surface area contributed by atoms with Gasteiger partial charge in [0.1, 0.15) is 15.8 Å². The van der Waals surface area contributed by atoms with Gasteiger partial charge < -0.3 is 5.73 Å². The number of thiazole rings is 1. The molecule has 0 spiro atoms. The second-order valence-electron chi connectivity index (χ2n) is 2.23. The molecule has 1 aromatic heterocycles. The molecule has 0 aliphatic carbocycles. The van der Waals surface area contributed by atoms with E-state index in [0.29, 0.717) is 10.0 Å². The van der Waals surface area contributed by atoms with E-state index in [-0.39, 0.29) is 5.75 Å². The molecule has 6 heteroatoms. The molecule has 0 saturated heterocycles. The van der Waals surface area contributed by atoms with Crippen molar-refractivity contribution in [1.29, 1.82) is 0 Å². The lowest BCUT2D eigenvalue weighted by atomic mass is 10.8. The van der Waals surface area contributed by atoms with Crippen molar-refractivity contribution in [3.05, 3.63) is 11.2 Å². The van der Waals surface area contributed by atoms with E-state index in [1.165, 1.54) is 23.8 Å². The minimum atomic E-state index is -2.97. The van der Waals surface area contributed by atoms with Gasteiger partial charge in [0.05, 0.1) is 6.20 Å². The summed E-state index contributed by atoms with van der Waals surface area (Å²) in [6.45, 7) is 0. The van der Waals surface area contributed by atoms with Crippen molar-refractivity contribution in [3.8, 4) is 0 Å². The Labute approximate surface area is 69.0 Å². The van der Waals surface area contributed by atoms with Crippen molar-refractivity contribution >= 4 is 26.2 Å². The Balaban J connectivity index is 2.81. The van der Waals surface area contributed by atoms with E-state index in [9.17, 15) is 8.42 Å². The molecule has 0 atom stereocenters. The second kappa shape index (κ2) is 2.78. The van der Waals surface area contributed by atoms with Crippen molar-refractivity contribution in [1.82, 2.24) is 4.98 Å². The molecule has 2 N–H and O–H groups in total. The average molecular weight is 192 g/mol. The lowest BCUT2D eigenvalue weighted by Gasteiger charge is -1.89. The van der Waals surface area contributed by atoms with Gasteiger partial charge in [-0.25, -0.2) is 13.4 Å². The number of nitrogens with two attached hydrogens (primary N) is 1. The molecule has 0 amide bonds. The standard InChI is InChI=1S/C5H8N2O2S2/c1-11(8,9)3-5-7-2-4(6)10-5/h2H,3,6H2,1H3. The van der Waals surface area contributed by atoms with Crippen molar-refractivity contribution in [2.45, 2.75) is 5.75 Å². The summed E-state index contributed by atoms with van der Waals surface area (Å²) >= 11 is 1.20. The maximum Gasteiger partial charge on any atom is 0.153 e. The van der Waals surface area contributed by atoms with Gasteiger partial charge in [-0.3, -0.25) is 0 Å². The topological polar surface area (TPSA) is 73.0 Å². The third kappa shape index (κ3) is 2.85. The van der Waals surface area contributed by atoms with Crippen molar-refractivity contribution in [2.75, 3.05) is 12.0 Å². The monoisotopic (exact) mass is 192 g/mol. The maximum atomic E-state index is 10.7. The van der Waals surface area contributed by atoms with Crippen molar-refractivity contribution in [2.24, 2.45) is 0 Å². The highest BCUT2D eigenvalue weighted by atomic mass is 32.2. The van der Waals surface area contributed by atoms with E-state index in [0.717, 1.165) is 0 Å². The molecule has 0 unspecified atom stereocenters. The Kier molecular flexibility index (Phi) is 2.15. The Morgan fingerprint density at radius 3 is 2.73 bits per heavy atom. The summed E-state index contributed by atoms with van der Waals surface area (Å²) in [4.78, 5) is 3.82.